The molecule has 0 amide bonds. The van der Waals surface area contributed by atoms with Gasteiger partial charge in [-0.05, 0) is 13.0 Å². The van der Waals surface area contributed by atoms with Crippen molar-refractivity contribution >= 4 is 38.7 Å². The Hall–Kier alpha value is -3.01. The number of methoxy groups -OCH3 is 1. The van der Waals surface area contributed by atoms with Gasteiger partial charge in [0.2, 0.25) is 0 Å². The van der Waals surface area contributed by atoms with E-state index >= 15 is 0 Å². The molecule has 0 N–H and O–H groups in total. The van der Waals surface area contributed by atoms with Gasteiger partial charge in [0, 0.05) is 37.1 Å². The lowest BCUT2D eigenvalue weighted by atomic mass is 10.2. The number of benzene rings is 1. The van der Waals surface area contributed by atoms with Crippen LogP contribution in [-0.2, 0) is 0 Å². The summed E-state index contributed by atoms with van der Waals surface area (Å²) >= 11 is 1.63. The quantitative estimate of drug-likeness (QED) is 0.488. The van der Waals surface area contributed by atoms with Gasteiger partial charge in [-0.15, -0.1) is 11.3 Å². The maximum Gasteiger partial charge on any atom is 0.313 e. The van der Waals surface area contributed by atoms with Gasteiger partial charge in [-0.2, -0.15) is 0 Å². The molecule has 0 bridgehead atoms. The summed E-state index contributed by atoms with van der Waals surface area (Å²) < 4.78 is 19.6. The molecule has 0 atom stereocenters. The highest BCUT2D eigenvalue weighted by Crippen LogP contribution is 2.35. The van der Waals surface area contributed by atoms with Crippen LogP contribution in [0.15, 0.2) is 24.5 Å². The van der Waals surface area contributed by atoms with E-state index in [1.165, 1.54) is 18.1 Å². The van der Waals surface area contributed by atoms with Crippen LogP contribution >= 0.6 is 11.3 Å². The van der Waals surface area contributed by atoms with Gasteiger partial charge in [0.25, 0.3) is 0 Å². The summed E-state index contributed by atoms with van der Waals surface area (Å²) in [6, 6.07) is 4.40. The molecule has 0 spiro atoms. The number of anilines is 2. The monoisotopic (exact) mass is 403 g/mol. The summed E-state index contributed by atoms with van der Waals surface area (Å²) in [6.07, 6.45) is 1.57. The van der Waals surface area contributed by atoms with Crippen LogP contribution in [0.3, 0.4) is 0 Å². The van der Waals surface area contributed by atoms with Crippen molar-refractivity contribution in [1.29, 1.82) is 0 Å². The zero-order valence-corrected chi connectivity index (χ0v) is 16.2. The zero-order valence-electron chi connectivity index (χ0n) is 15.4. The van der Waals surface area contributed by atoms with E-state index in [1.807, 2.05) is 11.8 Å². The average Bonchev–Trinajstić information content (AvgIpc) is 3.08. The van der Waals surface area contributed by atoms with E-state index in [4.69, 9.17) is 4.74 Å². The molecular formula is C18H18FN5O3S. The first-order valence-corrected chi connectivity index (χ1v) is 9.52. The van der Waals surface area contributed by atoms with E-state index in [0.717, 1.165) is 22.1 Å². The summed E-state index contributed by atoms with van der Waals surface area (Å²) in [7, 11) is 1.34. The molecule has 1 fully saturated rings. The molecule has 10 heteroatoms. The Bertz CT molecular complexity index is 1050. The molecule has 0 aliphatic carbocycles. The largest absolute Gasteiger partial charge is 0.490 e. The maximum atomic E-state index is 14.5. The highest BCUT2D eigenvalue weighted by atomic mass is 32.1. The second-order valence-corrected chi connectivity index (χ2v) is 7.71. The van der Waals surface area contributed by atoms with Gasteiger partial charge in [-0.3, -0.25) is 10.1 Å². The van der Waals surface area contributed by atoms with E-state index in [-0.39, 0.29) is 11.4 Å². The number of fused-ring (bicyclic) bond motifs is 1. The van der Waals surface area contributed by atoms with E-state index in [1.54, 1.807) is 17.7 Å². The molecule has 28 heavy (non-hydrogen) atoms. The van der Waals surface area contributed by atoms with Crippen LogP contribution in [0.5, 0.6) is 5.75 Å². The molecule has 2 aromatic heterocycles. The van der Waals surface area contributed by atoms with Crippen LogP contribution in [0, 0.1) is 22.9 Å². The molecule has 8 nitrogen and oxygen atoms in total. The molecule has 3 heterocycles. The standard InChI is InChI=1S/C18H18FN5O3S/c1-11-7-12-17(20-10-21-18(12)28-11)23-5-3-22(4-6-23)14-9-16(27-2)15(24(25)26)8-13(14)19/h7-10H,3-6H2,1-2H3. The lowest BCUT2D eigenvalue weighted by Crippen LogP contribution is -2.47. The minimum Gasteiger partial charge on any atom is -0.490 e. The number of halogens is 1. The predicted molar refractivity (Wildman–Crippen MR) is 106 cm³/mol. The number of hydrogen-bond acceptors (Lipinski definition) is 8. The van der Waals surface area contributed by atoms with Crippen molar-refractivity contribution in [2.75, 3.05) is 43.1 Å². The summed E-state index contributed by atoms with van der Waals surface area (Å²) in [5, 5.41) is 12.1. The maximum absolute atomic E-state index is 14.5. The van der Waals surface area contributed by atoms with Gasteiger partial charge in [-0.25, -0.2) is 14.4 Å². The lowest BCUT2D eigenvalue weighted by Gasteiger charge is -2.37. The Labute approximate surface area is 164 Å². The third kappa shape index (κ3) is 3.19. The Kier molecular flexibility index (Phi) is 4.71. The van der Waals surface area contributed by atoms with Gasteiger partial charge < -0.3 is 14.5 Å². The van der Waals surface area contributed by atoms with Crippen LogP contribution in [0.25, 0.3) is 10.2 Å². The molecule has 0 saturated carbocycles. The van der Waals surface area contributed by atoms with Gasteiger partial charge >= 0.3 is 5.69 Å². The first-order valence-electron chi connectivity index (χ1n) is 8.71. The predicted octanol–water partition coefficient (Wildman–Crippen LogP) is 3.38. The number of rotatable bonds is 4. The van der Waals surface area contributed by atoms with Crippen molar-refractivity contribution in [2.45, 2.75) is 6.92 Å². The van der Waals surface area contributed by atoms with Gasteiger partial charge in [0.1, 0.15) is 17.0 Å². The molecule has 0 unspecified atom stereocenters. The summed E-state index contributed by atoms with van der Waals surface area (Å²) in [6.45, 7) is 4.47. The first kappa shape index (κ1) is 18.4. The van der Waals surface area contributed by atoms with E-state index in [2.05, 4.69) is 20.9 Å². The summed E-state index contributed by atoms with van der Waals surface area (Å²) in [4.78, 5) is 25.3. The van der Waals surface area contributed by atoms with E-state index in [9.17, 15) is 14.5 Å². The van der Waals surface area contributed by atoms with Crippen molar-refractivity contribution in [3.05, 3.63) is 45.3 Å². The average molecular weight is 403 g/mol. The smallest absolute Gasteiger partial charge is 0.313 e. The summed E-state index contributed by atoms with van der Waals surface area (Å²) in [5.41, 5.74) is -0.0695. The van der Waals surface area contributed by atoms with Crippen molar-refractivity contribution in [3.8, 4) is 5.75 Å². The van der Waals surface area contributed by atoms with Crippen molar-refractivity contribution in [3.63, 3.8) is 0 Å². The Balaban J connectivity index is 1.56. The van der Waals surface area contributed by atoms with Gasteiger partial charge in [-0.1, -0.05) is 0 Å². The van der Waals surface area contributed by atoms with Crippen molar-refractivity contribution in [1.82, 2.24) is 9.97 Å². The number of thiophene rings is 1. The van der Waals surface area contributed by atoms with E-state index in [0.29, 0.717) is 31.9 Å². The topological polar surface area (TPSA) is 84.6 Å². The highest BCUT2D eigenvalue weighted by molar-refractivity contribution is 7.18. The normalized spacial score (nSPS) is 14.5. The SMILES string of the molecule is COc1cc(N2CCN(c3ncnc4sc(C)cc34)CC2)c(F)cc1[N+](=O)[O-]. The highest BCUT2D eigenvalue weighted by Gasteiger charge is 2.26. The fourth-order valence-electron chi connectivity index (χ4n) is 3.46. The van der Waals surface area contributed by atoms with Crippen LogP contribution in [0.1, 0.15) is 4.88 Å². The Morgan fingerprint density at radius 2 is 1.89 bits per heavy atom. The summed E-state index contributed by atoms with van der Waals surface area (Å²) in [5.74, 6) is 0.310. The van der Waals surface area contributed by atoms with Crippen LogP contribution in [0.4, 0.5) is 21.6 Å². The Morgan fingerprint density at radius 1 is 1.18 bits per heavy atom. The molecule has 1 saturated heterocycles. The molecule has 1 aromatic carbocycles. The van der Waals surface area contributed by atoms with Crippen LogP contribution in [0.2, 0.25) is 0 Å². The van der Waals surface area contributed by atoms with Crippen molar-refractivity contribution < 1.29 is 14.1 Å². The lowest BCUT2D eigenvalue weighted by molar-refractivity contribution is -0.385. The molecular weight excluding hydrogens is 385 g/mol. The zero-order chi connectivity index (χ0) is 19.8. The number of hydrogen-bond donors (Lipinski definition) is 0. The Morgan fingerprint density at radius 3 is 2.57 bits per heavy atom. The van der Waals surface area contributed by atoms with Gasteiger partial charge in [0.15, 0.2) is 11.6 Å². The number of piperazine rings is 1. The number of ether oxygens (including phenoxy) is 1. The number of nitro benzene ring substituents is 1. The number of aromatic nitrogens is 2. The number of aryl methyl sites for hydroxylation is 1. The van der Waals surface area contributed by atoms with Crippen LogP contribution in [-0.4, -0.2) is 48.2 Å². The fourth-order valence-corrected chi connectivity index (χ4v) is 4.30. The third-order valence-electron chi connectivity index (χ3n) is 4.80. The minimum atomic E-state index is -0.646. The second-order valence-electron chi connectivity index (χ2n) is 6.48. The molecule has 3 aromatic rings. The van der Waals surface area contributed by atoms with E-state index < -0.39 is 10.7 Å². The fraction of sp³-hybridized carbons (Fsp3) is 0.333. The number of nitrogens with zero attached hydrogens (tertiary/aromatic N) is 5. The molecule has 4 rings (SSSR count). The number of nitro groups is 1. The molecule has 1 aliphatic rings. The molecule has 1 aliphatic heterocycles. The second kappa shape index (κ2) is 7.19. The van der Waals surface area contributed by atoms with Gasteiger partial charge in [0.05, 0.1) is 29.2 Å². The molecule has 0 radical (unpaired) electrons. The van der Waals surface area contributed by atoms with Crippen molar-refractivity contribution in [2.24, 2.45) is 0 Å². The third-order valence-corrected chi connectivity index (χ3v) is 5.75. The minimum absolute atomic E-state index is 0.0510. The first-order chi connectivity index (χ1) is 13.5. The van der Waals surface area contributed by atoms with Crippen LogP contribution < -0.4 is 14.5 Å². The molecule has 146 valence electrons.